The molecule has 2 aromatic carbocycles. The number of allylic oxidation sites excluding steroid dienone is 2. The largest absolute Gasteiger partial charge is 0.366 e. The van der Waals surface area contributed by atoms with E-state index < -0.39 is 16.7 Å². The Labute approximate surface area is 254 Å². The summed E-state index contributed by atoms with van der Waals surface area (Å²) in [5, 5.41) is 17.6. The van der Waals surface area contributed by atoms with E-state index in [0.29, 0.717) is 47.7 Å². The fraction of sp³-hybridized carbons (Fsp3) is 0.438. The lowest BCUT2D eigenvalue weighted by Crippen LogP contribution is -2.39. The summed E-state index contributed by atoms with van der Waals surface area (Å²) in [4.78, 5) is 39.5. The average Bonchev–Trinajstić information content (AvgIpc) is 2.98. The first-order valence-corrected chi connectivity index (χ1v) is 14.6. The summed E-state index contributed by atoms with van der Waals surface area (Å²) >= 11 is 0. The van der Waals surface area contributed by atoms with E-state index in [9.17, 15) is 19.7 Å². The Morgan fingerprint density at radius 2 is 1.55 bits per heavy atom. The number of primary amides is 1. The summed E-state index contributed by atoms with van der Waals surface area (Å²) in [5.41, 5.74) is 11.3. The van der Waals surface area contributed by atoms with Crippen molar-refractivity contribution < 1.29 is 14.5 Å². The second-order valence-electron chi connectivity index (χ2n) is 10.9. The first-order valence-electron chi connectivity index (χ1n) is 14.6. The van der Waals surface area contributed by atoms with Gasteiger partial charge in [0, 0.05) is 47.1 Å². The number of hydrogen-bond donors (Lipinski definition) is 3. The van der Waals surface area contributed by atoms with Crippen molar-refractivity contribution in [3.05, 3.63) is 97.9 Å². The number of nitro benzene ring substituents is 1. The maximum Gasteiger partial charge on any atom is 0.269 e. The molecule has 0 aliphatic carbocycles. The molecule has 2 heterocycles. The number of nitro groups is 1. The average molecular weight is 596 g/mol. The van der Waals surface area contributed by atoms with Crippen molar-refractivity contribution in [2.45, 2.75) is 64.7 Å². The molecule has 1 saturated heterocycles. The van der Waals surface area contributed by atoms with E-state index in [4.69, 9.17) is 5.73 Å². The van der Waals surface area contributed by atoms with Gasteiger partial charge in [-0.1, -0.05) is 55.8 Å². The lowest BCUT2D eigenvalue weighted by molar-refractivity contribution is -0.384. The van der Waals surface area contributed by atoms with Gasteiger partial charge in [-0.3, -0.25) is 19.7 Å². The number of hydrogen-bond acceptors (Lipinski definition) is 6. The molecule has 0 saturated carbocycles. The number of amides is 2. The minimum atomic E-state index is -0.708. The molecule has 4 rings (SSSR count). The van der Waals surface area contributed by atoms with Gasteiger partial charge in [-0.2, -0.15) is 0 Å². The fourth-order valence-corrected chi connectivity index (χ4v) is 5.98. The van der Waals surface area contributed by atoms with Crippen molar-refractivity contribution in [1.29, 1.82) is 0 Å². The first-order chi connectivity index (χ1) is 19.7. The summed E-state index contributed by atoms with van der Waals surface area (Å²) in [6.45, 7) is 9.46. The van der Waals surface area contributed by atoms with Crippen molar-refractivity contribution in [3.63, 3.8) is 0 Å². The Kier molecular flexibility index (Phi) is 11.7. The molecular weight excluding hydrogens is 554 g/mol. The van der Waals surface area contributed by atoms with Gasteiger partial charge in [0.05, 0.1) is 4.92 Å². The highest BCUT2D eigenvalue weighted by atomic mass is 35.5. The van der Waals surface area contributed by atoms with E-state index in [1.807, 2.05) is 13.8 Å². The van der Waals surface area contributed by atoms with Crippen molar-refractivity contribution >= 4 is 29.9 Å². The highest BCUT2D eigenvalue weighted by molar-refractivity contribution is 6.03. The smallest absolute Gasteiger partial charge is 0.269 e. The highest BCUT2D eigenvalue weighted by Gasteiger charge is 2.37. The number of halogens is 1. The zero-order valence-electron chi connectivity index (χ0n) is 24.7. The van der Waals surface area contributed by atoms with Crippen molar-refractivity contribution in [2.24, 2.45) is 5.73 Å². The lowest BCUT2D eigenvalue weighted by Gasteiger charge is -2.33. The van der Waals surface area contributed by atoms with Gasteiger partial charge in [-0.05, 0) is 75.7 Å². The number of benzene rings is 2. The summed E-state index contributed by atoms with van der Waals surface area (Å²) < 4.78 is 0. The molecule has 2 aliphatic heterocycles. The second-order valence-corrected chi connectivity index (χ2v) is 10.9. The minimum Gasteiger partial charge on any atom is -0.366 e. The Hall–Kier alpha value is -3.69. The van der Waals surface area contributed by atoms with Crippen LogP contribution in [0, 0.1) is 17.0 Å². The van der Waals surface area contributed by atoms with E-state index in [1.165, 1.54) is 23.3 Å². The summed E-state index contributed by atoms with van der Waals surface area (Å²) in [7, 11) is 0. The van der Waals surface area contributed by atoms with Crippen LogP contribution in [0.1, 0.15) is 74.5 Å². The molecule has 10 heteroatoms. The molecule has 9 nitrogen and oxygen atoms in total. The Bertz CT molecular complexity index is 1330. The molecule has 0 bridgehead atoms. The van der Waals surface area contributed by atoms with Crippen molar-refractivity contribution in [3.8, 4) is 0 Å². The second kappa shape index (κ2) is 15.0. The molecule has 1 fully saturated rings. The predicted octanol–water partition coefficient (Wildman–Crippen LogP) is 5.21. The number of dihydropyridines is 1. The van der Waals surface area contributed by atoms with Gasteiger partial charge in [-0.15, -0.1) is 12.4 Å². The van der Waals surface area contributed by atoms with Crippen LogP contribution in [0.2, 0.25) is 0 Å². The summed E-state index contributed by atoms with van der Waals surface area (Å²) in [6.07, 6.45) is 4.15. The zero-order chi connectivity index (χ0) is 29.5. The SMILES string of the molecule is CCC1=C(C(N)=O)C(c2ccc([N+](=O)[O-])cc2)C(C(=O)NCCCN2CCC(c3ccc(C)cc3)CC2)=C(CC)N1.Cl. The van der Waals surface area contributed by atoms with Crippen molar-refractivity contribution in [1.82, 2.24) is 15.5 Å². The van der Waals surface area contributed by atoms with Crippen LogP contribution in [0.3, 0.4) is 0 Å². The fourth-order valence-electron chi connectivity index (χ4n) is 5.98. The number of rotatable bonds is 11. The van der Waals surface area contributed by atoms with Gasteiger partial charge in [0.1, 0.15) is 0 Å². The number of piperidine rings is 1. The lowest BCUT2D eigenvalue weighted by atomic mass is 9.78. The molecule has 0 spiro atoms. The molecule has 0 radical (unpaired) electrons. The van der Waals surface area contributed by atoms with Crippen LogP contribution in [0.5, 0.6) is 0 Å². The molecule has 1 atom stereocenters. The summed E-state index contributed by atoms with van der Waals surface area (Å²) in [6, 6.07) is 14.9. The standard InChI is InChI=1S/C32H41N5O4.ClH/c1-4-26-29(31(33)38)28(24-11-13-25(14-12-24)37(40)41)30(27(5-2)35-26)32(39)34-17-6-18-36-19-15-23(16-20-36)22-9-7-21(3)8-10-22;/h7-14,23,28,35H,4-6,15-20H2,1-3H3,(H2,33,38)(H,34,39);1H. The Morgan fingerprint density at radius 1 is 0.976 bits per heavy atom. The van der Waals surface area contributed by atoms with Gasteiger partial charge in [0.2, 0.25) is 11.8 Å². The highest BCUT2D eigenvalue weighted by Crippen LogP contribution is 2.40. The minimum absolute atomic E-state index is 0. The molecule has 1 unspecified atom stereocenters. The number of nitrogens with zero attached hydrogens (tertiary/aromatic N) is 2. The molecule has 2 aliphatic rings. The monoisotopic (exact) mass is 595 g/mol. The summed E-state index contributed by atoms with van der Waals surface area (Å²) in [5.74, 6) is -0.987. The van der Waals surface area contributed by atoms with Crippen LogP contribution in [-0.2, 0) is 9.59 Å². The topological polar surface area (TPSA) is 131 Å². The number of non-ortho nitro benzene ring substituents is 1. The third kappa shape index (κ3) is 7.57. The van der Waals surface area contributed by atoms with Crippen LogP contribution in [0.15, 0.2) is 71.1 Å². The normalized spacial score (nSPS) is 17.8. The molecule has 2 amide bonds. The van der Waals surface area contributed by atoms with Gasteiger partial charge in [0.15, 0.2) is 0 Å². The zero-order valence-corrected chi connectivity index (χ0v) is 25.5. The molecule has 4 N–H and O–H groups in total. The van der Waals surface area contributed by atoms with Gasteiger partial charge in [-0.25, -0.2) is 0 Å². The Balaban J connectivity index is 0.00000484. The van der Waals surface area contributed by atoms with Crippen LogP contribution in [-0.4, -0.2) is 47.8 Å². The van der Waals surface area contributed by atoms with Gasteiger partial charge in [0.25, 0.3) is 5.69 Å². The third-order valence-corrected chi connectivity index (χ3v) is 8.26. The number of nitrogens with two attached hydrogens (primary N) is 1. The maximum absolute atomic E-state index is 13.7. The van der Waals surface area contributed by atoms with E-state index in [1.54, 1.807) is 12.1 Å². The molecule has 226 valence electrons. The van der Waals surface area contributed by atoms with Crippen LogP contribution < -0.4 is 16.4 Å². The molecular formula is C32H42ClN5O4. The number of carbonyl (C=O) groups is 2. The number of aryl methyl sites for hydroxylation is 1. The number of carbonyl (C=O) groups excluding carboxylic acids is 2. The molecule has 2 aromatic rings. The maximum atomic E-state index is 13.7. The van der Waals surface area contributed by atoms with Crippen LogP contribution in [0.25, 0.3) is 0 Å². The van der Waals surface area contributed by atoms with Gasteiger partial charge >= 0.3 is 0 Å². The van der Waals surface area contributed by atoms with Crippen LogP contribution in [0.4, 0.5) is 5.69 Å². The third-order valence-electron chi connectivity index (χ3n) is 8.26. The number of likely N-dealkylation sites (tertiary alicyclic amines) is 1. The van der Waals surface area contributed by atoms with Crippen molar-refractivity contribution in [2.75, 3.05) is 26.2 Å². The van der Waals surface area contributed by atoms with E-state index in [0.717, 1.165) is 44.6 Å². The Morgan fingerprint density at radius 3 is 2.10 bits per heavy atom. The molecule has 0 aromatic heterocycles. The quantitative estimate of drug-likeness (QED) is 0.186. The van der Waals surface area contributed by atoms with Crippen LogP contribution >= 0.6 is 12.4 Å². The van der Waals surface area contributed by atoms with E-state index in [-0.39, 0.29) is 24.0 Å². The van der Waals surface area contributed by atoms with Gasteiger partial charge < -0.3 is 21.3 Å². The predicted molar refractivity (Wildman–Crippen MR) is 167 cm³/mol. The first kappa shape index (κ1) is 32.8. The van der Waals surface area contributed by atoms with E-state index in [2.05, 4.69) is 46.7 Å². The number of nitrogens with one attached hydrogen (secondary N) is 2. The van der Waals surface area contributed by atoms with E-state index >= 15 is 0 Å². The molecule has 42 heavy (non-hydrogen) atoms.